The SMILES string of the molecule is C=CC(=O)OC1(C(F)(F)F)OC(C2CCCCC2)(C(F)(F)F)C(F)(F)C(O)(C(F)(F)F)C1(F)F. The van der Waals surface area contributed by atoms with Crippen LogP contribution in [0.15, 0.2) is 12.7 Å². The van der Waals surface area contributed by atoms with Gasteiger partial charge in [0.25, 0.3) is 5.60 Å². The lowest BCUT2D eigenvalue weighted by atomic mass is 9.63. The van der Waals surface area contributed by atoms with E-state index < -0.39 is 84.9 Å². The molecule has 1 heterocycles. The van der Waals surface area contributed by atoms with Crippen LogP contribution in [0.3, 0.4) is 0 Å². The number of alkyl halides is 13. The number of hydrogen-bond donors (Lipinski definition) is 1. The quantitative estimate of drug-likeness (QED) is 0.300. The van der Waals surface area contributed by atoms with Crippen molar-refractivity contribution in [2.75, 3.05) is 0 Å². The number of carbonyl (C=O) groups is 1. The van der Waals surface area contributed by atoms with Crippen molar-refractivity contribution in [2.24, 2.45) is 5.92 Å². The predicted octanol–water partition coefficient (Wildman–Crippen LogP) is 5.45. The maximum atomic E-state index is 15.2. The molecule has 1 aliphatic heterocycles. The normalized spacial score (nSPS) is 35.0. The summed E-state index contributed by atoms with van der Waals surface area (Å²) in [5, 5.41) is 9.66. The third-order valence-electron chi connectivity index (χ3n) is 5.89. The molecule has 1 N–H and O–H groups in total. The maximum absolute atomic E-state index is 15.2. The van der Waals surface area contributed by atoms with E-state index in [9.17, 15) is 58.2 Å². The number of ether oxygens (including phenoxy) is 2. The van der Waals surface area contributed by atoms with Gasteiger partial charge in [0.1, 0.15) is 0 Å². The molecule has 0 aromatic carbocycles. The van der Waals surface area contributed by atoms with Crippen molar-refractivity contribution in [1.82, 2.24) is 0 Å². The van der Waals surface area contributed by atoms with Gasteiger partial charge in [-0.05, 0) is 12.8 Å². The van der Waals surface area contributed by atoms with Crippen molar-refractivity contribution in [3.63, 3.8) is 0 Å². The van der Waals surface area contributed by atoms with E-state index in [-0.39, 0.29) is 12.5 Å². The summed E-state index contributed by atoms with van der Waals surface area (Å²) in [5.41, 5.74) is -13.4. The van der Waals surface area contributed by atoms with Crippen LogP contribution in [0.1, 0.15) is 32.1 Å². The van der Waals surface area contributed by atoms with Gasteiger partial charge in [-0.3, -0.25) is 0 Å². The van der Waals surface area contributed by atoms with Gasteiger partial charge in [-0.2, -0.15) is 57.1 Å². The van der Waals surface area contributed by atoms with Gasteiger partial charge >= 0.3 is 42.1 Å². The molecule has 4 nitrogen and oxygen atoms in total. The molecule has 198 valence electrons. The first kappa shape index (κ1) is 28.5. The van der Waals surface area contributed by atoms with Gasteiger partial charge in [0, 0.05) is 12.0 Å². The molecule has 2 rings (SSSR count). The van der Waals surface area contributed by atoms with Gasteiger partial charge in [0.05, 0.1) is 0 Å². The fourth-order valence-corrected chi connectivity index (χ4v) is 4.29. The molecule has 0 aromatic heterocycles. The second-order valence-electron chi connectivity index (χ2n) is 7.77. The van der Waals surface area contributed by atoms with Crippen LogP contribution in [0.2, 0.25) is 0 Å². The minimum atomic E-state index is -7.54. The number of halogens is 13. The van der Waals surface area contributed by atoms with Crippen LogP contribution in [0, 0.1) is 5.92 Å². The van der Waals surface area contributed by atoms with Crippen molar-refractivity contribution < 1.29 is 76.5 Å². The highest BCUT2D eigenvalue weighted by Crippen LogP contribution is 2.71. The van der Waals surface area contributed by atoms with E-state index in [4.69, 9.17) is 0 Å². The lowest BCUT2D eigenvalue weighted by Crippen LogP contribution is -2.91. The fraction of sp³-hybridized carbons (Fsp3) is 0.824. The Morgan fingerprint density at radius 3 is 1.68 bits per heavy atom. The van der Waals surface area contributed by atoms with Crippen molar-refractivity contribution in [3.05, 3.63) is 12.7 Å². The predicted molar refractivity (Wildman–Crippen MR) is 82.4 cm³/mol. The third kappa shape index (κ3) is 3.32. The molecule has 0 amide bonds. The van der Waals surface area contributed by atoms with E-state index in [1.165, 1.54) is 0 Å². The molecule has 1 aliphatic carbocycles. The van der Waals surface area contributed by atoms with Gasteiger partial charge in [-0.15, -0.1) is 0 Å². The first-order chi connectivity index (χ1) is 15.0. The molecule has 0 spiro atoms. The molecule has 2 aliphatic rings. The zero-order chi connectivity index (χ0) is 26.8. The Hall–Kier alpha value is -1.78. The lowest BCUT2D eigenvalue weighted by molar-refractivity contribution is -0.584. The Labute approximate surface area is 181 Å². The highest BCUT2D eigenvalue weighted by molar-refractivity contribution is 5.81. The Bertz CT molecular complexity index is 812. The van der Waals surface area contributed by atoms with E-state index in [0.717, 1.165) is 0 Å². The van der Waals surface area contributed by atoms with Crippen molar-refractivity contribution in [1.29, 1.82) is 0 Å². The molecule has 0 bridgehead atoms. The molecule has 1 saturated carbocycles. The first-order valence-corrected chi connectivity index (χ1v) is 9.25. The van der Waals surface area contributed by atoms with Crippen LogP contribution in [0.5, 0.6) is 0 Å². The lowest BCUT2D eigenvalue weighted by Gasteiger charge is -2.61. The molecule has 34 heavy (non-hydrogen) atoms. The minimum Gasteiger partial charge on any atom is -0.415 e. The topological polar surface area (TPSA) is 55.8 Å². The molecule has 2 fully saturated rings. The molecule has 3 unspecified atom stereocenters. The molecular formula is C17H15F13O4. The second-order valence-corrected chi connectivity index (χ2v) is 7.77. The summed E-state index contributed by atoms with van der Waals surface area (Å²) in [6.45, 7) is 2.48. The summed E-state index contributed by atoms with van der Waals surface area (Å²) < 4.78 is 191. The summed E-state index contributed by atoms with van der Waals surface area (Å²) in [5.74, 6) is -27.0. The van der Waals surface area contributed by atoms with Crippen molar-refractivity contribution in [3.8, 4) is 0 Å². The highest BCUT2D eigenvalue weighted by atomic mass is 19.4. The zero-order valence-corrected chi connectivity index (χ0v) is 16.5. The van der Waals surface area contributed by atoms with E-state index >= 15 is 8.78 Å². The smallest absolute Gasteiger partial charge is 0.415 e. The van der Waals surface area contributed by atoms with Gasteiger partial charge in [0.15, 0.2) is 0 Å². The Morgan fingerprint density at radius 2 is 1.32 bits per heavy atom. The fourth-order valence-electron chi connectivity index (χ4n) is 4.29. The monoisotopic (exact) mass is 530 g/mol. The van der Waals surface area contributed by atoms with E-state index in [0.29, 0.717) is 0 Å². The number of carbonyl (C=O) groups excluding carboxylic acids is 1. The van der Waals surface area contributed by atoms with Crippen LogP contribution in [-0.2, 0) is 14.3 Å². The first-order valence-electron chi connectivity index (χ1n) is 9.25. The average Bonchev–Trinajstić information content (AvgIpc) is 2.66. The van der Waals surface area contributed by atoms with E-state index in [2.05, 4.69) is 16.1 Å². The summed E-state index contributed by atoms with van der Waals surface area (Å²) in [7, 11) is 0. The minimum absolute atomic E-state index is 0.0194. The van der Waals surface area contributed by atoms with Gasteiger partial charge in [-0.25, -0.2) is 4.79 Å². The van der Waals surface area contributed by atoms with E-state index in [1.54, 1.807) is 0 Å². The molecule has 3 atom stereocenters. The summed E-state index contributed by atoms with van der Waals surface area (Å²) in [6.07, 6.45) is -25.2. The van der Waals surface area contributed by atoms with Gasteiger partial charge in [-0.1, -0.05) is 25.8 Å². The Balaban J connectivity index is 3.15. The number of hydrogen-bond acceptors (Lipinski definition) is 4. The van der Waals surface area contributed by atoms with Crippen molar-refractivity contribution >= 4 is 5.97 Å². The molecular weight excluding hydrogens is 515 g/mol. The molecule has 1 saturated heterocycles. The van der Waals surface area contributed by atoms with Crippen LogP contribution in [0.4, 0.5) is 57.1 Å². The number of aliphatic hydroxyl groups is 1. The highest BCUT2D eigenvalue weighted by Gasteiger charge is 3.02. The summed E-state index contributed by atoms with van der Waals surface area (Å²) in [6, 6.07) is 0. The largest absolute Gasteiger partial charge is 0.462 e. The third-order valence-corrected chi connectivity index (χ3v) is 5.89. The molecule has 0 radical (unpaired) electrons. The summed E-state index contributed by atoms with van der Waals surface area (Å²) in [4.78, 5) is 11.4. The number of rotatable bonds is 3. The van der Waals surface area contributed by atoms with Gasteiger partial charge in [0.2, 0.25) is 5.60 Å². The standard InChI is InChI=1S/C17H15F13O4/c1-2-9(31)33-14(17(28,29)30)13(20,21)11(32,16(25,26)27)12(18,19)10(34-14,15(22,23)24)8-6-4-3-5-7-8/h2,8,32H,1,3-7H2. The molecule has 17 heteroatoms. The van der Waals surface area contributed by atoms with Crippen LogP contribution in [0.25, 0.3) is 0 Å². The zero-order valence-electron chi connectivity index (χ0n) is 16.5. The Kier molecular flexibility index (Phi) is 6.58. The second kappa shape index (κ2) is 7.86. The van der Waals surface area contributed by atoms with Crippen LogP contribution >= 0.6 is 0 Å². The number of esters is 1. The Morgan fingerprint density at radius 1 is 0.853 bits per heavy atom. The maximum Gasteiger partial charge on any atom is 0.462 e. The van der Waals surface area contributed by atoms with Crippen LogP contribution < -0.4 is 0 Å². The summed E-state index contributed by atoms with van der Waals surface area (Å²) >= 11 is 0. The van der Waals surface area contributed by atoms with Crippen molar-refractivity contribution in [2.45, 2.75) is 79.5 Å². The van der Waals surface area contributed by atoms with Gasteiger partial charge < -0.3 is 14.6 Å². The average molecular weight is 530 g/mol. The molecule has 0 aromatic rings. The van der Waals surface area contributed by atoms with E-state index in [1.807, 2.05) is 0 Å². The van der Waals surface area contributed by atoms with Crippen LogP contribution in [-0.4, -0.2) is 58.4 Å².